The second kappa shape index (κ2) is 4.14. The molecule has 7 nitrogen and oxygen atoms in total. The Morgan fingerprint density at radius 3 is 2.79 bits per heavy atom. The molecule has 0 aliphatic carbocycles. The number of hydrogen-bond acceptors (Lipinski definition) is 5. The van der Waals surface area contributed by atoms with Crippen LogP contribution in [0.3, 0.4) is 0 Å². The van der Waals surface area contributed by atoms with Crippen LogP contribution in [-0.2, 0) is 11.2 Å². The fraction of sp³-hybridized carbons (Fsp3) is 0.714. The molecule has 7 heteroatoms. The van der Waals surface area contributed by atoms with Crippen LogP contribution in [0.15, 0.2) is 0 Å². The highest BCUT2D eigenvalue weighted by Crippen LogP contribution is 2.05. The van der Waals surface area contributed by atoms with E-state index in [0.717, 1.165) is 0 Å². The molecule has 1 aromatic heterocycles. The predicted molar refractivity (Wildman–Crippen MR) is 47.5 cm³/mol. The summed E-state index contributed by atoms with van der Waals surface area (Å²) in [6.45, 7) is 3.82. The number of nitrogens with zero attached hydrogens (tertiary/aromatic N) is 4. The normalized spacial score (nSPS) is 13.1. The predicted octanol–water partition coefficient (Wildman–Crippen LogP) is -0.792. The van der Waals surface area contributed by atoms with Crippen LogP contribution in [0.2, 0.25) is 0 Å². The maximum absolute atomic E-state index is 10.5. The highest BCUT2D eigenvalue weighted by molar-refractivity contribution is 5.73. The number of aliphatic carboxylic acids is 1. The third kappa shape index (κ3) is 2.25. The standard InChI is InChI=1S/C7H13N5O2/c1-4(2)12-6(9-10-11-12)3-5(8)7(13)14/h4-5H,3,8H2,1-2H3,(H,13,14). The smallest absolute Gasteiger partial charge is 0.320 e. The summed E-state index contributed by atoms with van der Waals surface area (Å²) in [5.41, 5.74) is 5.37. The molecule has 1 heterocycles. The number of carbonyl (C=O) groups is 1. The third-order valence-electron chi connectivity index (χ3n) is 1.77. The Balaban J connectivity index is 2.76. The molecule has 0 spiro atoms. The number of nitrogens with two attached hydrogens (primary N) is 1. The Morgan fingerprint density at radius 2 is 2.29 bits per heavy atom. The Bertz CT molecular complexity index is 322. The van der Waals surface area contributed by atoms with E-state index >= 15 is 0 Å². The summed E-state index contributed by atoms with van der Waals surface area (Å²) < 4.78 is 1.56. The average Bonchev–Trinajstić information content (AvgIpc) is 2.52. The summed E-state index contributed by atoms with van der Waals surface area (Å²) >= 11 is 0. The minimum absolute atomic E-state index is 0.0981. The lowest BCUT2D eigenvalue weighted by molar-refractivity contribution is -0.138. The molecule has 78 valence electrons. The summed E-state index contributed by atoms with van der Waals surface area (Å²) in [5.74, 6) is -0.557. The largest absolute Gasteiger partial charge is 0.480 e. The Hall–Kier alpha value is -1.50. The summed E-state index contributed by atoms with van der Waals surface area (Å²) in [7, 11) is 0. The lowest BCUT2D eigenvalue weighted by atomic mass is 10.2. The van der Waals surface area contributed by atoms with E-state index < -0.39 is 12.0 Å². The monoisotopic (exact) mass is 199 g/mol. The van der Waals surface area contributed by atoms with Gasteiger partial charge in [0.25, 0.3) is 0 Å². The van der Waals surface area contributed by atoms with Gasteiger partial charge in [-0.3, -0.25) is 4.79 Å². The van der Waals surface area contributed by atoms with Crippen molar-refractivity contribution in [2.24, 2.45) is 5.73 Å². The summed E-state index contributed by atoms with van der Waals surface area (Å²) in [6, 6.07) is -0.862. The quantitative estimate of drug-likeness (QED) is 0.658. The van der Waals surface area contributed by atoms with Gasteiger partial charge in [0.2, 0.25) is 0 Å². The zero-order valence-electron chi connectivity index (χ0n) is 8.08. The van der Waals surface area contributed by atoms with Gasteiger partial charge in [0.1, 0.15) is 6.04 Å². The molecule has 0 aliphatic rings. The number of carboxylic acid groups (broad SMARTS) is 1. The molecule has 0 fully saturated rings. The SMILES string of the molecule is CC(C)n1nnnc1CC(N)C(=O)O. The Labute approximate surface area is 80.9 Å². The molecule has 3 N–H and O–H groups in total. The van der Waals surface area contributed by atoms with E-state index in [-0.39, 0.29) is 12.5 Å². The first-order chi connectivity index (χ1) is 6.52. The maximum Gasteiger partial charge on any atom is 0.320 e. The first kappa shape index (κ1) is 10.6. The van der Waals surface area contributed by atoms with Gasteiger partial charge in [-0.2, -0.15) is 0 Å². The van der Waals surface area contributed by atoms with Gasteiger partial charge in [0, 0.05) is 6.42 Å². The minimum Gasteiger partial charge on any atom is -0.480 e. The van der Waals surface area contributed by atoms with Crippen LogP contribution in [0, 0.1) is 0 Å². The Morgan fingerprint density at radius 1 is 1.64 bits per heavy atom. The number of carboxylic acids is 1. The van der Waals surface area contributed by atoms with E-state index in [1.54, 1.807) is 4.68 Å². The van der Waals surface area contributed by atoms with Crippen molar-refractivity contribution in [2.45, 2.75) is 32.4 Å². The van der Waals surface area contributed by atoms with Gasteiger partial charge in [0.05, 0.1) is 6.04 Å². The van der Waals surface area contributed by atoms with Crippen molar-refractivity contribution in [3.05, 3.63) is 5.82 Å². The van der Waals surface area contributed by atoms with Gasteiger partial charge in [-0.15, -0.1) is 5.10 Å². The van der Waals surface area contributed by atoms with E-state index in [1.807, 2.05) is 13.8 Å². The fourth-order valence-corrected chi connectivity index (χ4v) is 1.03. The fourth-order valence-electron chi connectivity index (χ4n) is 1.03. The summed E-state index contributed by atoms with van der Waals surface area (Å²) in [4.78, 5) is 10.5. The summed E-state index contributed by atoms with van der Waals surface area (Å²) in [5, 5.41) is 19.5. The molecule has 1 rings (SSSR count). The van der Waals surface area contributed by atoms with Crippen molar-refractivity contribution in [3.8, 4) is 0 Å². The molecule has 1 unspecified atom stereocenters. The van der Waals surface area contributed by atoms with E-state index in [2.05, 4.69) is 15.5 Å². The molecular formula is C7H13N5O2. The van der Waals surface area contributed by atoms with Crippen molar-refractivity contribution in [1.82, 2.24) is 20.2 Å². The van der Waals surface area contributed by atoms with Crippen molar-refractivity contribution >= 4 is 5.97 Å². The van der Waals surface area contributed by atoms with E-state index in [1.165, 1.54) is 0 Å². The second-order valence-electron chi connectivity index (χ2n) is 3.28. The van der Waals surface area contributed by atoms with Crippen LogP contribution in [0.4, 0.5) is 0 Å². The molecule has 0 bridgehead atoms. The van der Waals surface area contributed by atoms with Crippen LogP contribution < -0.4 is 5.73 Å². The molecule has 14 heavy (non-hydrogen) atoms. The van der Waals surface area contributed by atoms with Crippen LogP contribution in [0.5, 0.6) is 0 Å². The highest BCUT2D eigenvalue weighted by Gasteiger charge is 2.17. The molecule has 1 atom stereocenters. The Kier molecular flexibility index (Phi) is 3.13. The lowest BCUT2D eigenvalue weighted by Gasteiger charge is -2.09. The molecule has 0 saturated carbocycles. The zero-order valence-corrected chi connectivity index (χ0v) is 8.08. The van der Waals surface area contributed by atoms with Crippen molar-refractivity contribution in [1.29, 1.82) is 0 Å². The molecule has 0 radical (unpaired) electrons. The average molecular weight is 199 g/mol. The molecule has 0 saturated heterocycles. The lowest BCUT2D eigenvalue weighted by Crippen LogP contribution is -2.33. The van der Waals surface area contributed by atoms with Gasteiger partial charge in [-0.05, 0) is 24.3 Å². The number of hydrogen-bond donors (Lipinski definition) is 2. The number of rotatable bonds is 4. The molecule has 1 aromatic rings. The van der Waals surface area contributed by atoms with Gasteiger partial charge >= 0.3 is 5.97 Å². The number of aromatic nitrogens is 4. The van der Waals surface area contributed by atoms with E-state index in [0.29, 0.717) is 5.82 Å². The van der Waals surface area contributed by atoms with Crippen LogP contribution >= 0.6 is 0 Å². The van der Waals surface area contributed by atoms with E-state index in [9.17, 15) is 4.79 Å². The van der Waals surface area contributed by atoms with Gasteiger partial charge in [-0.1, -0.05) is 0 Å². The van der Waals surface area contributed by atoms with Crippen molar-refractivity contribution in [2.75, 3.05) is 0 Å². The highest BCUT2D eigenvalue weighted by atomic mass is 16.4. The topological polar surface area (TPSA) is 107 Å². The van der Waals surface area contributed by atoms with Crippen LogP contribution in [0.25, 0.3) is 0 Å². The van der Waals surface area contributed by atoms with Crippen molar-refractivity contribution in [3.63, 3.8) is 0 Å². The molecule has 0 aliphatic heterocycles. The third-order valence-corrected chi connectivity index (χ3v) is 1.77. The van der Waals surface area contributed by atoms with Crippen LogP contribution in [-0.4, -0.2) is 37.3 Å². The first-order valence-electron chi connectivity index (χ1n) is 4.27. The van der Waals surface area contributed by atoms with Gasteiger partial charge in [0.15, 0.2) is 5.82 Å². The van der Waals surface area contributed by atoms with E-state index in [4.69, 9.17) is 10.8 Å². The summed E-state index contributed by atoms with van der Waals surface area (Å²) in [6.07, 6.45) is 0.139. The van der Waals surface area contributed by atoms with Crippen LogP contribution in [0.1, 0.15) is 25.7 Å². The van der Waals surface area contributed by atoms with Gasteiger partial charge < -0.3 is 10.8 Å². The van der Waals surface area contributed by atoms with Crippen molar-refractivity contribution < 1.29 is 9.90 Å². The maximum atomic E-state index is 10.5. The molecule has 0 aromatic carbocycles. The first-order valence-corrected chi connectivity index (χ1v) is 4.27. The molecular weight excluding hydrogens is 186 g/mol. The second-order valence-corrected chi connectivity index (χ2v) is 3.28. The minimum atomic E-state index is -1.05. The molecule has 0 amide bonds. The zero-order chi connectivity index (χ0) is 10.7. The van der Waals surface area contributed by atoms with Gasteiger partial charge in [-0.25, -0.2) is 4.68 Å². The number of tetrazole rings is 1.